The Bertz CT molecular complexity index is 901. The summed E-state index contributed by atoms with van der Waals surface area (Å²) in [7, 11) is 0. The van der Waals surface area contributed by atoms with Gasteiger partial charge in [-0.1, -0.05) is 54.6 Å². The summed E-state index contributed by atoms with van der Waals surface area (Å²) in [6.07, 6.45) is 1.88. The molecule has 2 aromatic carbocycles. The Balaban J connectivity index is 1.99. The van der Waals surface area contributed by atoms with Gasteiger partial charge in [-0.2, -0.15) is 0 Å². The fourth-order valence-corrected chi connectivity index (χ4v) is 2.39. The van der Waals surface area contributed by atoms with Crippen LogP contribution in [0.1, 0.15) is 0 Å². The normalized spacial score (nSPS) is 11.0. The molecule has 0 saturated carbocycles. The third-order valence-electron chi connectivity index (χ3n) is 3.40. The zero-order chi connectivity index (χ0) is 13.4. The Labute approximate surface area is 115 Å². The molecular formula is C17H11N3. The number of hydrogen-bond acceptors (Lipinski definition) is 3. The molecule has 3 heteroatoms. The summed E-state index contributed by atoms with van der Waals surface area (Å²) in [5.41, 5.74) is 3.62. The van der Waals surface area contributed by atoms with Crippen LogP contribution in [0.3, 0.4) is 0 Å². The second kappa shape index (κ2) is 4.38. The summed E-state index contributed by atoms with van der Waals surface area (Å²) < 4.78 is 0. The highest BCUT2D eigenvalue weighted by Crippen LogP contribution is 2.24. The van der Waals surface area contributed by atoms with E-state index in [0.29, 0.717) is 0 Å². The van der Waals surface area contributed by atoms with E-state index in [2.05, 4.69) is 21.2 Å². The Hall–Kier alpha value is -2.81. The molecule has 0 spiro atoms. The fourth-order valence-electron chi connectivity index (χ4n) is 2.39. The molecule has 4 rings (SSSR count). The summed E-state index contributed by atoms with van der Waals surface area (Å²) in [4.78, 5) is 4.49. The van der Waals surface area contributed by atoms with Gasteiger partial charge in [0.2, 0.25) is 0 Å². The van der Waals surface area contributed by atoms with Gasteiger partial charge < -0.3 is 0 Å². The van der Waals surface area contributed by atoms with Crippen LogP contribution in [0.2, 0.25) is 0 Å². The molecule has 0 fully saturated rings. The Morgan fingerprint density at radius 1 is 0.750 bits per heavy atom. The van der Waals surface area contributed by atoms with Crippen molar-refractivity contribution >= 4 is 21.8 Å². The van der Waals surface area contributed by atoms with Crippen LogP contribution in [0.15, 0.2) is 66.9 Å². The van der Waals surface area contributed by atoms with Crippen LogP contribution >= 0.6 is 0 Å². The number of hydrogen-bond donors (Lipinski definition) is 0. The van der Waals surface area contributed by atoms with E-state index in [4.69, 9.17) is 0 Å². The molecule has 0 amide bonds. The Morgan fingerprint density at radius 3 is 2.45 bits per heavy atom. The molecule has 94 valence electrons. The molecule has 3 nitrogen and oxygen atoms in total. The number of fused-ring (bicyclic) bond motifs is 3. The van der Waals surface area contributed by atoms with Gasteiger partial charge in [-0.05, 0) is 6.07 Å². The lowest BCUT2D eigenvalue weighted by Gasteiger charge is -2.04. The first kappa shape index (κ1) is 11.1. The van der Waals surface area contributed by atoms with Gasteiger partial charge in [-0.15, -0.1) is 10.2 Å². The van der Waals surface area contributed by atoms with Gasteiger partial charge in [0.25, 0.3) is 0 Å². The van der Waals surface area contributed by atoms with Crippen molar-refractivity contribution in [3.63, 3.8) is 0 Å². The molecular weight excluding hydrogens is 246 g/mol. The number of nitrogens with zero attached hydrogens (tertiary/aromatic N) is 3. The summed E-state index contributed by atoms with van der Waals surface area (Å²) in [5, 5.41) is 10.9. The predicted octanol–water partition coefficient (Wildman–Crippen LogP) is 3.85. The molecule has 2 heterocycles. The first-order chi connectivity index (χ1) is 9.92. The van der Waals surface area contributed by atoms with E-state index in [9.17, 15) is 0 Å². The Kier molecular flexibility index (Phi) is 2.42. The maximum absolute atomic E-state index is 4.49. The molecule has 0 unspecified atom stereocenters. The van der Waals surface area contributed by atoms with Crippen molar-refractivity contribution in [1.29, 1.82) is 0 Å². The van der Waals surface area contributed by atoms with Crippen molar-refractivity contribution in [1.82, 2.24) is 15.2 Å². The molecule has 0 saturated heterocycles. The second-order valence-electron chi connectivity index (χ2n) is 4.67. The van der Waals surface area contributed by atoms with E-state index < -0.39 is 0 Å². The minimum absolute atomic E-state index is 0.848. The van der Waals surface area contributed by atoms with Crippen molar-refractivity contribution in [2.45, 2.75) is 0 Å². The molecule has 0 bridgehead atoms. The van der Waals surface area contributed by atoms with Gasteiger partial charge in [0.15, 0.2) is 0 Å². The molecule has 20 heavy (non-hydrogen) atoms. The van der Waals surface area contributed by atoms with Crippen molar-refractivity contribution < 1.29 is 0 Å². The fraction of sp³-hybridized carbons (Fsp3) is 0. The summed E-state index contributed by atoms with van der Waals surface area (Å²) in [6, 6.07) is 20.1. The first-order valence-electron chi connectivity index (χ1n) is 6.48. The Morgan fingerprint density at radius 2 is 1.55 bits per heavy atom. The average Bonchev–Trinajstić information content (AvgIpc) is 2.55. The SMILES string of the molecule is c1ccc(-c2cc3ncc4ccccc4c3nn2)cc1. The van der Waals surface area contributed by atoms with Crippen molar-refractivity contribution in [3.8, 4) is 11.3 Å². The average molecular weight is 257 g/mol. The highest BCUT2D eigenvalue weighted by atomic mass is 15.1. The van der Waals surface area contributed by atoms with Gasteiger partial charge in [-0.25, -0.2) is 0 Å². The lowest BCUT2D eigenvalue weighted by molar-refractivity contribution is 1.08. The molecule has 0 aliphatic carbocycles. The van der Waals surface area contributed by atoms with Crippen LogP contribution in [0, 0.1) is 0 Å². The van der Waals surface area contributed by atoms with Crippen LogP contribution in [0.4, 0.5) is 0 Å². The third kappa shape index (κ3) is 1.72. The summed E-state index contributed by atoms with van der Waals surface area (Å²) >= 11 is 0. The number of aromatic nitrogens is 3. The van der Waals surface area contributed by atoms with Gasteiger partial charge in [-0.3, -0.25) is 4.98 Å². The van der Waals surface area contributed by atoms with Crippen molar-refractivity contribution in [2.24, 2.45) is 0 Å². The second-order valence-corrected chi connectivity index (χ2v) is 4.67. The lowest BCUT2D eigenvalue weighted by Crippen LogP contribution is -1.92. The van der Waals surface area contributed by atoms with E-state index >= 15 is 0 Å². The highest BCUT2D eigenvalue weighted by molar-refractivity contribution is 6.03. The van der Waals surface area contributed by atoms with Crippen LogP contribution in [-0.4, -0.2) is 15.2 Å². The largest absolute Gasteiger partial charge is 0.254 e. The van der Waals surface area contributed by atoms with Gasteiger partial charge in [0.05, 0.1) is 11.2 Å². The number of rotatable bonds is 1. The van der Waals surface area contributed by atoms with Crippen LogP contribution in [-0.2, 0) is 0 Å². The third-order valence-corrected chi connectivity index (χ3v) is 3.40. The van der Waals surface area contributed by atoms with Gasteiger partial charge in [0, 0.05) is 22.5 Å². The minimum atomic E-state index is 0.848. The molecule has 4 aromatic rings. The molecule has 0 N–H and O–H groups in total. The predicted molar refractivity (Wildman–Crippen MR) is 80.3 cm³/mol. The summed E-state index contributed by atoms with van der Waals surface area (Å²) in [5.74, 6) is 0. The maximum atomic E-state index is 4.49. The number of pyridine rings is 1. The smallest absolute Gasteiger partial charge is 0.119 e. The standard InChI is InChI=1S/C17H11N3/c1-2-6-12(7-3-1)15-10-16-17(20-19-15)14-9-5-4-8-13(14)11-18-16/h1-11H. The van der Waals surface area contributed by atoms with E-state index in [1.165, 1.54) is 0 Å². The van der Waals surface area contributed by atoms with E-state index in [1.807, 2.05) is 60.8 Å². The summed E-state index contributed by atoms with van der Waals surface area (Å²) in [6.45, 7) is 0. The van der Waals surface area contributed by atoms with Crippen molar-refractivity contribution in [2.75, 3.05) is 0 Å². The first-order valence-corrected chi connectivity index (χ1v) is 6.48. The van der Waals surface area contributed by atoms with E-state index in [1.54, 1.807) is 0 Å². The maximum Gasteiger partial charge on any atom is 0.119 e. The topological polar surface area (TPSA) is 38.7 Å². The molecule has 0 atom stereocenters. The monoisotopic (exact) mass is 257 g/mol. The quantitative estimate of drug-likeness (QED) is 0.486. The van der Waals surface area contributed by atoms with Gasteiger partial charge in [0.1, 0.15) is 5.52 Å². The van der Waals surface area contributed by atoms with Crippen LogP contribution in [0.25, 0.3) is 33.1 Å². The van der Waals surface area contributed by atoms with E-state index in [-0.39, 0.29) is 0 Å². The van der Waals surface area contributed by atoms with Crippen LogP contribution < -0.4 is 0 Å². The molecule has 0 aliphatic rings. The van der Waals surface area contributed by atoms with Gasteiger partial charge >= 0.3 is 0 Å². The van der Waals surface area contributed by atoms with Crippen molar-refractivity contribution in [3.05, 3.63) is 66.9 Å². The zero-order valence-corrected chi connectivity index (χ0v) is 10.7. The highest BCUT2D eigenvalue weighted by Gasteiger charge is 2.06. The van der Waals surface area contributed by atoms with E-state index in [0.717, 1.165) is 33.1 Å². The zero-order valence-electron chi connectivity index (χ0n) is 10.7. The number of benzene rings is 2. The molecule has 2 aromatic heterocycles. The molecule has 0 radical (unpaired) electrons. The minimum Gasteiger partial charge on any atom is -0.254 e. The van der Waals surface area contributed by atoms with Crippen LogP contribution in [0.5, 0.6) is 0 Å². The lowest BCUT2D eigenvalue weighted by atomic mass is 10.1. The molecule has 0 aliphatic heterocycles.